The summed E-state index contributed by atoms with van der Waals surface area (Å²) in [6.45, 7) is 11.2. The average molecular weight is 467 g/mol. The van der Waals surface area contributed by atoms with E-state index in [0.29, 0.717) is 0 Å². The minimum atomic E-state index is -0.0824. The SMILES string of the molecule is C1CCN(P([C@H]2CCC[C@@H]2P(N2CCCCC2)N2CCCCC2)N2CCCCC2)CC1. The van der Waals surface area contributed by atoms with Crippen molar-refractivity contribution in [3.63, 3.8) is 0 Å². The molecule has 0 aromatic rings. The zero-order valence-corrected chi connectivity index (χ0v) is 21.9. The summed E-state index contributed by atoms with van der Waals surface area (Å²) in [5, 5.41) is 0. The van der Waals surface area contributed by atoms with Gasteiger partial charge in [-0.15, -0.1) is 0 Å². The number of nitrogens with zero attached hydrogens (tertiary/aromatic N) is 4. The second-order valence-electron chi connectivity index (χ2n) is 10.8. The van der Waals surface area contributed by atoms with Crippen LogP contribution in [0.1, 0.15) is 96.3 Å². The fourth-order valence-electron chi connectivity index (χ4n) is 6.98. The minimum Gasteiger partial charge on any atom is -0.270 e. The normalized spacial score (nSPS) is 33.5. The lowest BCUT2D eigenvalue weighted by molar-refractivity contribution is 0.298. The van der Waals surface area contributed by atoms with Crippen LogP contribution in [0.25, 0.3) is 0 Å². The van der Waals surface area contributed by atoms with Crippen molar-refractivity contribution in [2.24, 2.45) is 0 Å². The summed E-state index contributed by atoms with van der Waals surface area (Å²) in [5.74, 6) is 0. The maximum atomic E-state index is 3.05. The van der Waals surface area contributed by atoms with Gasteiger partial charge in [0.2, 0.25) is 0 Å². The molecule has 4 heterocycles. The van der Waals surface area contributed by atoms with E-state index in [-0.39, 0.29) is 16.4 Å². The van der Waals surface area contributed by atoms with Crippen molar-refractivity contribution in [2.75, 3.05) is 52.4 Å². The highest BCUT2D eigenvalue weighted by molar-refractivity contribution is 7.58. The van der Waals surface area contributed by atoms with Gasteiger partial charge in [-0.3, -0.25) is 18.7 Å². The van der Waals surface area contributed by atoms with Gasteiger partial charge in [-0.1, -0.05) is 32.1 Å². The maximum Gasteiger partial charge on any atom is 0.0434 e. The highest BCUT2D eigenvalue weighted by Crippen LogP contribution is 2.65. The van der Waals surface area contributed by atoms with Gasteiger partial charge in [0.15, 0.2) is 0 Å². The molecule has 1 saturated carbocycles. The summed E-state index contributed by atoms with van der Waals surface area (Å²) in [7, 11) is -0.165. The molecule has 0 spiro atoms. The smallest absolute Gasteiger partial charge is 0.0434 e. The first-order valence-electron chi connectivity index (χ1n) is 14.0. The summed E-state index contributed by atoms with van der Waals surface area (Å²) < 4.78 is 12.2. The molecule has 0 radical (unpaired) electrons. The Labute approximate surface area is 195 Å². The van der Waals surface area contributed by atoms with Crippen LogP contribution in [0.2, 0.25) is 0 Å². The van der Waals surface area contributed by atoms with Crippen molar-refractivity contribution in [1.29, 1.82) is 0 Å². The molecule has 2 atom stereocenters. The summed E-state index contributed by atoms with van der Waals surface area (Å²) >= 11 is 0. The average Bonchev–Trinajstić information content (AvgIpc) is 3.31. The van der Waals surface area contributed by atoms with E-state index in [9.17, 15) is 0 Å². The first kappa shape index (κ1) is 23.4. The van der Waals surface area contributed by atoms with Crippen LogP contribution in [0.4, 0.5) is 0 Å². The Kier molecular flexibility index (Phi) is 9.00. The highest BCUT2D eigenvalue weighted by atomic mass is 31.1. The zero-order chi connectivity index (χ0) is 20.9. The number of rotatable bonds is 6. The van der Waals surface area contributed by atoms with Crippen LogP contribution in [-0.2, 0) is 0 Å². The summed E-state index contributed by atoms with van der Waals surface area (Å²) in [5.41, 5.74) is 1.97. The van der Waals surface area contributed by atoms with Gasteiger partial charge in [0.05, 0.1) is 0 Å². The maximum absolute atomic E-state index is 3.05. The first-order chi connectivity index (χ1) is 15.4. The van der Waals surface area contributed by atoms with E-state index in [1.165, 1.54) is 149 Å². The van der Waals surface area contributed by atoms with E-state index in [0.717, 1.165) is 11.3 Å². The Balaban J connectivity index is 1.40. The van der Waals surface area contributed by atoms with Crippen molar-refractivity contribution < 1.29 is 0 Å². The molecule has 178 valence electrons. The topological polar surface area (TPSA) is 13.0 Å². The second-order valence-corrected chi connectivity index (χ2v) is 15.6. The van der Waals surface area contributed by atoms with Crippen molar-refractivity contribution in [3.8, 4) is 0 Å². The van der Waals surface area contributed by atoms with Crippen molar-refractivity contribution in [3.05, 3.63) is 0 Å². The molecule has 0 N–H and O–H groups in total. The summed E-state index contributed by atoms with van der Waals surface area (Å²) in [4.78, 5) is 0. The molecular weight excluding hydrogens is 418 g/mol. The number of piperidine rings is 4. The van der Waals surface area contributed by atoms with E-state index in [4.69, 9.17) is 0 Å². The Morgan fingerprint density at radius 3 is 0.839 bits per heavy atom. The molecule has 4 aliphatic heterocycles. The molecule has 0 aromatic heterocycles. The van der Waals surface area contributed by atoms with Gasteiger partial charge >= 0.3 is 0 Å². The highest BCUT2D eigenvalue weighted by Gasteiger charge is 2.47. The third kappa shape index (κ3) is 5.68. The molecule has 0 unspecified atom stereocenters. The second kappa shape index (κ2) is 11.9. The molecule has 0 bridgehead atoms. The fourth-order valence-corrected chi connectivity index (χ4v) is 14.6. The summed E-state index contributed by atoms with van der Waals surface area (Å²) in [6, 6.07) is 0. The summed E-state index contributed by atoms with van der Waals surface area (Å²) in [6.07, 6.45) is 22.1. The lowest BCUT2D eigenvalue weighted by atomic mass is 10.2. The van der Waals surface area contributed by atoms with Gasteiger partial charge in [0.25, 0.3) is 0 Å². The molecule has 0 amide bonds. The molecular formula is C25H48N4P2. The van der Waals surface area contributed by atoms with E-state index in [2.05, 4.69) is 18.7 Å². The molecule has 5 fully saturated rings. The molecule has 5 aliphatic rings. The Morgan fingerprint density at radius 2 is 0.581 bits per heavy atom. The molecule has 31 heavy (non-hydrogen) atoms. The zero-order valence-electron chi connectivity index (χ0n) is 20.1. The van der Waals surface area contributed by atoms with Gasteiger partial charge in [0.1, 0.15) is 0 Å². The monoisotopic (exact) mass is 466 g/mol. The van der Waals surface area contributed by atoms with Crippen LogP contribution < -0.4 is 0 Å². The molecule has 5 rings (SSSR count). The standard InChI is InChI=1S/C25H48N4P2/c1-5-16-26(17-6-1)30(27-18-7-2-8-19-27)24-14-13-15-25(24)31(28-20-9-3-10-21-28)29-22-11-4-12-23-29/h24-25H,1-23H2/t24-,25-/m0/s1. The first-order valence-corrected chi connectivity index (χ1v) is 16.6. The molecule has 4 nitrogen and oxygen atoms in total. The van der Waals surface area contributed by atoms with Crippen molar-refractivity contribution in [2.45, 2.75) is 108 Å². The van der Waals surface area contributed by atoms with E-state index in [1.807, 2.05) is 0 Å². The predicted octanol–water partition coefficient (Wildman–Crippen LogP) is 6.47. The van der Waals surface area contributed by atoms with Crippen molar-refractivity contribution >= 4 is 16.4 Å². The molecule has 0 aromatic carbocycles. The van der Waals surface area contributed by atoms with Gasteiger partial charge in [-0.25, -0.2) is 0 Å². The van der Waals surface area contributed by atoms with E-state index in [1.54, 1.807) is 0 Å². The van der Waals surface area contributed by atoms with Crippen molar-refractivity contribution in [1.82, 2.24) is 18.7 Å². The van der Waals surface area contributed by atoms with E-state index < -0.39 is 0 Å². The van der Waals surface area contributed by atoms with Gasteiger partial charge in [0, 0.05) is 80.1 Å². The van der Waals surface area contributed by atoms with Crippen LogP contribution in [0, 0.1) is 0 Å². The van der Waals surface area contributed by atoms with Crippen LogP contribution in [-0.4, -0.2) is 82.4 Å². The molecule has 1 aliphatic carbocycles. The Morgan fingerprint density at radius 1 is 0.323 bits per heavy atom. The quantitative estimate of drug-likeness (QED) is 0.416. The van der Waals surface area contributed by atoms with Gasteiger partial charge in [-0.2, -0.15) is 0 Å². The largest absolute Gasteiger partial charge is 0.270 e. The molecule has 4 saturated heterocycles. The van der Waals surface area contributed by atoms with E-state index >= 15 is 0 Å². The Bertz CT molecular complexity index is 444. The lowest BCUT2D eigenvalue weighted by Crippen LogP contribution is -2.44. The van der Waals surface area contributed by atoms with Gasteiger partial charge < -0.3 is 0 Å². The van der Waals surface area contributed by atoms with Crippen LogP contribution in [0.3, 0.4) is 0 Å². The number of hydrogen-bond donors (Lipinski definition) is 0. The van der Waals surface area contributed by atoms with Crippen LogP contribution in [0.15, 0.2) is 0 Å². The number of hydrogen-bond acceptors (Lipinski definition) is 4. The minimum absolute atomic E-state index is 0.0824. The lowest BCUT2D eigenvalue weighted by Gasteiger charge is -2.51. The van der Waals surface area contributed by atoms with Crippen LogP contribution in [0.5, 0.6) is 0 Å². The Hall–Kier alpha value is 0.700. The molecule has 6 heteroatoms. The predicted molar refractivity (Wildman–Crippen MR) is 137 cm³/mol. The van der Waals surface area contributed by atoms with Crippen LogP contribution >= 0.6 is 16.4 Å². The van der Waals surface area contributed by atoms with Gasteiger partial charge in [-0.05, 0) is 64.2 Å². The third-order valence-electron chi connectivity index (χ3n) is 8.53. The fraction of sp³-hybridized carbons (Fsp3) is 1.00. The third-order valence-corrected chi connectivity index (χ3v) is 15.1.